The molecule has 5 heteroatoms. The van der Waals surface area contributed by atoms with Crippen LogP contribution in [-0.2, 0) is 0 Å². The zero-order valence-corrected chi connectivity index (χ0v) is 13.6. The van der Waals surface area contributed by atoms with Crippen LogP contribution in [0.1, 0.15) is 52.7 Å². The van der Waals surface area contributed by atoms with Crippen molar-refractivity contribution in [1.29, 1.82) is 0 Å². The largest absolute Gasteiger partial charge is 0.340 e. The van der Waals surface area contributed by atoms with Gasteiger partial charge in [0.1, 0.15) is 11.4 Å². The molecule has 2 aromatic rings. The van der Waals surface area contributed by atoms with Crippen LogP contribution in [0.2, 0.25) is 0 Å². The summed E-state index contributed by atoms with van der Waals surface area (Å²) >= 11 is 0. The molecule has 0 bridgehead atoms. The van der Waals surface area contributed by atoms with Crippen molar-refractivity contribution in [3.05, 3.63) is 54.1 Å². The van der Waals surface area contributed by atoms with Gasteiger partial charge in [-0.25, -0.2) is 0 Å². The van der Waals surface area contributed by atoms with E-state index in [0.717, 1.165) is 37.9 Å². The van der Waals surface area contributed by atoms with Gasteiger partial charge in [0.25, 0.3) is 5.91 Å². The number of nitrogens with zero attached hydrogens (tertiary/aromatic N) is 3. The Labute approximate surface area is 141 Å². The van der Waals surface area contributed by atoms with Crippen molar-refractivity contribution in [2.24, 2.45) is 5.92 Å². The Hall–Kier alpha value is -2.43. The fraction of sp³-hybridized carbons (Fsp3) is 0.421. The van der Waals surface area contributed by atoms with Crippen LogP contribution in [0.3, 0.4) is 0 Å². The Balaban J connectivity index is 1.49. The van der Waals surface area contributed by atoms with Gasteiger partial charge in [0.15, 0.2) is 5.78 Å². The van der Waals surface area contributed by atoms with Crippen LogP contribution < -0.4 is 0 Å². The van der Waals surface area contributed by atoms with E-state index in [1.807, 2.05) is 29.3 Å². The lowest BCUT2D eigenvalue weighted by molar-refractivity contribution is 0.0626. The average molecular weight is 323 g/mol. The molecule has 0 aromatic carbocycles. The predicted molar refractivity (Wildman–Crippen MR) is 89.9 cm³/mol. The fourth-order valence-corrected chi connectivity index (χ4v) is 3.50. The quantitative estimate of drug-likeness (QED) is 0.813. The molecule has 2 aromatic heterocycles. The Morgan fingerprint density at radius 2 is 1.96 bits per heavy atom. The number of aromatic nitrogens is 2. The van der Waals surface area contributed by atoms with E-state index in [9.17, 15) is 9.59 Å². The van der Waals surface area contributed by atoms with Crippen LogP contribution in [0.5, 0.6) is 0 Å². The summed E-state index contributed by atoms with van der Waals surface area (Å²) in [6.45, 7) is 1.21. The lowest BCUT2D eigenvalue weighted by atomic mass is 9.91. The number of carbonyl (C=O) groups excluding carboxylic acids is 2. The first-order chi connectivity index (χ1) is 11.7. The van der Waals surface area contributed by atoms with Gasteiger partial charge in [-0.15, -0.1) is 0 Å². The molecule has 1 aliphatic heterocycles. The van der Waals surface area contributed by atoms with Crippen LogP contribution in [0.4, 0.5) is 0 Å². The summed E-state index contributed by atoms with van der Waals surface area (Å²) in [5.41, 5.74) is 1.25. The van der Waals surface area contributed by atoms with Crippen LogP contribution in [0.25, 0.3) is 0 Å². The molecular weight excluding hydrogens is 302 g/mol. The number of carbonyl (C=O) groups is 2. The zero-order chi connectivity index (χ0) is 16.5. The lowest BCUT2D eigenvalue weighted by Crippen LogP contribution is -2.43. The Morgan fingerprint density at radius 3 is 2.71 bits per heavy atom. The second-order valence-electron chi connectivity index (χ2n) is 6.70. The third-order valence-electron chi connectivity index (χ3n) is 4.94. The Bertz CT molecular complexity index is 749. The molecule has 1 saturated heterocycles. The highest BCUT2D eigenvalue weighted by molar-refractivity contribution is 5.97. The van der Waals surface area contributed by atoms with Crippen LogP contribution in [0.15, 0.2) is 42.7 Å². The van der Waals surface area contributed by atoms with E-state index < -0.39 is 0 Å². The summed E-state index contributed by atoms with van der Waals surface area (Å²) in [5.74, 6) is -0.0574. The zero-order valence-electron chi connectivity index (χ0n) is 13.6. The van der Waals surface area contributed by atoms with Crippen LogP contribution in [0, 0.1) is 5.92 Å². The van der Waals surface area contributed by atoms with Gasteiger partial charge >= 0.3 is 0 Å². The summed E-state index contributed by atoms with van der Waals surface area (Å²) in [5, 5.41) is 0. The molecule has 1 saturated carbocycles. The summed E-state index contributed by atoms with van der Waals surface area (Å²) in [7, 11) is 0. The minimum atomic E-state index is -0.151. The lowest BCUT2D eigenvalue weighted by Gasteiger charge is -2.32. The van der Waals surface area contributed by atoms with E-state index >= 15 is 0 Å². The van der Waals surface area contributed by atoms with Crippen molar-refractivity contribution in [2.75, 3.05) is 13.1 Å². The van der Waals surface area contributed by atoms with Gasteiger partial charge in [-0.3, -0.25) is 14.6 Å². The van der Waals surface area contributed by atoms with Crippen molar-refractivity contribution < 1.29 is 9.59 Å². The molecular formula is C19H21N3O2. The van der Waals surface area contributed by atoms with Gasteiger partial charge < -0.3 is 9.47 Å². The molecule has 0 N–H and O–H groups in total. The number of rotatable bonds is 4. The molecule has 124 valence electrons. The number of hydrogen-bond acceptors (Lipinski definition) is 3. The van der Waals surface area contributed by atoms with Crippen molar-refractivity contribution in [3.63, 3.8) is 0 Å². The SMILES string of the molecule is O=C(c1ccccn1)C1CCCN(C(=O)c2cccn2C2CC2)C1. The maximum Gasteiger partial charge on any atom is 0.270 e. The van der Waals surface area contributed by atoms with Crippen molar-refractivity contribution in [2.45, 2.75) is 31.7 Å². The maximum absolute atomic E-state index is 12.9. The minimum absolute atomic E-state index is 0.0467. The van der Waals surface area contributed by atoms with Crippen molar-refractivity contribution >= 4 is 11.7 Å². The van der Waals surface area contributed by atoms with E-state index in [-0.39, 0.29) is 17.6 Å². The van der Waals surface area contributed by atoms with E-state index in [0.29, 0.717) is 18.3 Å². The first kappa shape index (κ1) is 15.1. The maximum atomic E-state index is 12.9. The van der Waals surface area contributed by atoms with Gasteiger partial charge in [-0.05, 0) is 49.9 Å². The average Bonchev–Trinajstić information content (AvgIpc) is 3.38. The summed E-state index contributed by atoms with van der Waals surface area (Å²) in [6, 6.07) is 9.70. The first-order valence-corrected chi connectivity index (χ1v) is 8.65. The van der Waals surface area contributed by atoms with Gasteiger partial charge in [-0.2, -0.15) is 0 Å². The molecule has 5 nitrogen and oxygen atoms in total. The number of likely N-dealkylation sites (tertiary alicyclic amines) is 1. The standard InChI is InChI=1S/C19H21N3O2/c23-18(16-6-1-2-10-20-16)14-5-3-11-21(13-14)19(24)17-7-4-12-22(17)15-8-9-15/h1-2,4,6-7,10,12,14-15H,3,5,8-9,11,13H2. The van der Waals surface area contributed by atoms with Crippen molar-refractivity contribution in [3.8, 4) is 0 Å². The van der Waals surface area contributed by atoms with E-state index in [1.54, 1.807) is 18.3 Å². The smallest absolute Gasteiger partial charge is 0.270 e. The molecule has 2 fully saturated rings. The Kier molecular flexibility index (Phi) is 3.92. The monoisotopic (exact) mass is 323 g/mol. The molecule has 0 spiro atoms. The number of ketones is 1. The van der Waals surface area contributed by atoms with E-state index in [1.165, 1.54) is 0 Å². The highest BCUT2D eigenvalue weighted by Gasteiger charge is 2.33. The van der Waals surface area contributed by atoms with Crippen LogP contribution >= 0.6 is 0 Å². The Morgan fingerprint density at radius 1 is 1.08 bits per heavy atom. The highest BCUT2D eigenvalue weighted by Crippen LogP contribution is 2.36. The third kappa shape index (κ3) is 2.86. The summed E-state index contributed by atoms with van der Waals surface area (Å²) in [6.07, 6.45) is 7.61. The second-order valence-corrected chi connectivity index (χ2v) is 6.70. The van der Waals surface area contributed by atoms with Crippen molar-refractivity contribution in [1.82, 2.24) is 14.5 Å². The highest BCUT2D eigenvalue weighted by atomic mass is 16.2. The predicted octanol–water partition coefficient (Wildman–Crippen LogP) is 2.95. The van der Waals surface area contributed by atoms with E-state index in [2.05, 4.69) is 9.55 Å². The molecule has 1 unspecified atom stereocenters. The molecule has 3 heterocycles. The second kappa shape index (κ2) is 6.23. The molecule has 1 amide bonds. The van der Waals surface area contributed by atoms with Crippen LogP contribution in [-0.4, -0.2) is 39.2 Å². The van der Waals surface area contributed by atoms with E-state index in [4.69, 9.17) is 0 Å². The first-order valence-electron chi connectivity index (χ1n) is 8.65. The molecule has 2 aliphatic rings. The van der Waals surface area contributed by atoms with Gasteiger partial charge in [0.05, 0.1) is 0 Å². The van der Waals surface area contributed by atoms with Gasteiger partial charge in [0.2, 0.25) is 0 Å². The molecule has 24 heavy (non-hydrogen) atoms. The molecule has 0 radical (unpaired) electrons. The topological polar surface area (TPSA) is 55.2 Å². The van der Waals surface area contributed by atoms with Gasteiger partial charge in [-0.1, -0.05) is 6.07 Å². The van der Waals surface area contributed by atoms with Gasteiger partial charge in [0, 0.05) is 37.4 Å². The summed E-state index contributed by atoms with van der Waals surface area (Å²) < 4.78 is 2.09. The number of Topliss-reactive ketones (excluding diaryl/α,β-unsaturated/α-hetero) is 1. The normalized spacial score (nSPS) is 20.8. The fourth-order valence-electron chi connectivity index (χ4n) is 3.50. The molecule has 4 rings (SSSR count). The molecule has 1 atom stereocenters. The summed E-state index contributed by atoms with van der Waals surface area (Å²) in [4.78, 5) is 31.5. The number of pyridine rings is 1. The number of hydrogen-bond donors (Lipinski definition) is 0. The number of piperidine rings is 1. The third-order valence-corrected chi connectivity index (χ3v) is 4.94. The number of amides is 1. The minimum Gasteiger partial charge on any atom is -0.340 e. The molecule has 1 aliphatic carbocycles.